The minimum absolute atomic E-state index is 0.0741. The first-order chi connectivity index (χ1) is 31.4. The number of carbonyl (C=O) groups is 10. The molecular weight excluding hydrogens is 877 g/mol. The van der Waals surface area contributed by atoms with Crippen LogP contribution in [0.2, 0.25) is 0 Å². The number of aromatic nitrogens is 2. The quantitative estimate of drug-likeness (QED) is 0.0308. The van der Waals surface area contributed by atoms with Crippen LogP contribution in [-0.2, 0) is 54.4 Å². The first kappa shape index (κ1) is 58.8. The normalized spacial score (nSPS) is 15.2. The number of imidazole rings is 1. The number of nitrogens with two attached hydrogens (primary N) is 4. The minimum atomic E-state index is -1.61. The van der Waals surface area contributed by atoms with Crippen LogP contribution in [0.5, 0.6) is 0 Å². The highest BCUT2D eigenvalue weighted by Gasteiger charge is 2.34. The predicted octanol–water partition coefficient (Wildman–Crippen LogP) is -3.86. The lowest BCUT2D eigenvalue weighted by Gasteiger charge is -2.27. The summed E-state index contributed by atoms with van der Waals surface area (Å²) >= 11 is 0. The van der Waals surface area contributed by atoms with Crippen LogP contribution in [0.1, 0.15) is 106 Å². The van der Waals surface area contributed by atoms with E-state index in [9.17, 15) is 53.1 Å². The van der Waals surface area contributed by atoms with E-state index in [0.29, 0.717) is 50.9 Å². The van der Waals surface area contributed by atoms with Gasteiger partial charge in [0, 0.05) is 18.3 Å². The predicted molar refractivity (Wildman–Crippen MR) is 244 cm³/mol. The number of amides is 9. The Kier molecular flexibility index (Phi) is 26.5. The van der Waals surface area contributed by atoms with Gasteiger partial charge < -0.3 is 75.6 Å². The zero-order chi connectivity index (χ0) is 51.0. The molecular formula is C42H74N14O11. The van der Waals surface area contributed by atoms with E-state index in [-0.39, 0.29) is 25.2 Å². The summed E-state index contributed by atoms with van der Waals surface area (Å²) in [6, 6.07) is -11.3. The molecule has 0 saturated heterocycles. The maximum absolute atomic E-state index is 13.6. The van der Waals surface area contributed by atoms with Crippen molar-refractivity contribution in [3.63, 3.8) is 0 Å². The Morgan fingerprint density at radius 1 is 0.582 bits per heavy atom. The highest BCUT2D eigenvalue weighted by Crippen LogP contribution is 2.09. The Hall–Kier alpha value is -6.21. The van der Waals surface area contributed by atoms with E-state index in [1.807, 2.05) is 0 Å². The highest BCUT2D eigenvalue weighted by molar-refractivity contribution is 5.99. The van der Waals surface area contributed by atoms with E-state index < -0.39 is 126 Å². The Morgan fingerprint density at radius 2 is 1.04 bits per heavy atom. The zero-order valence-electron chi connectivity index (χ0n) is 39.6. The number of nitrogens with one attached hydrogen (secondary N) is 9. The average molecular weight is 951 g/mol. The maximum Gasteiger partial charge on any atom is 0.326 e. The number of carbonyl (C=O) groups excluding carboxylic acids is 9. The Balaban J connectivity index is 3.07. The number of aromatic amines is 1. The largest absolute Gasteiger partial charge is 0.480 e. The molecule has 0 radical (unpaired) electrons. The fraction of sp³-hybridized carbons (Fsp3) is 0.690. The molecule has 9 atom stereocenters. The van der Waals surface area contributed by atoms with E-state index in [4.69, 9.17) is 22.9 Å². The van der Waals surface area contributed by atoms with Crippen LogP contribution in [0.15, 0.2) is 12.5 Å². The minimum Gasteiger partial charge on any atom is -0.480 e. The van der Waals surface area contributed by atoms with Crippen molar-refractivity contribution in [3.8, 4) is 0 Å². The standard InChI is InChI=1S/C42H74N14O11/c1-21(2)16-29(38(62)50-24(6)35(59)54-30(17-26-19-47-20-48-26)40(64)52-28(42(66)67)13-9-11-15-44)53-34(58)23(5)51-39(63)31(18-32(46)57)55-41(65)33(22(3)4)56-36(60)25(7)49-37(61)27(45)12-8-10-14-43/h19-25,27-31,33H,8-18,43-45H2,1-7H3,(H2,46,57)(H,47,48)(H,49,61)(H,50,62)(H,51,63)(H,52,64)(H,53,58)(H,54,59)(H,55,65)(H,56,60)(H,66,67)/t23-,24-,25-,27-,28-,29-,30-,31-,33-/m0/s1. The van der Waals surface area contributed by atoms with Crippen LogP contribution in [0.3, 0.4) is 0 Å². The van der Waals surface area contributed by atoms with Crippen molar-refractivity contribution in [3.05, 3.63) is 18.2 Å². The van der Waals surface area contributed by atoms with E-state index in [2.05, 4.69) is 52.5 Å². The van der Waals surface area contributed by atoms with Gasteiger partial charge in [-0.15, -0.1) is 0 Å². The van der Waals surface area contributed by atoms with Crippen LogP contribution in [0, 0.1) is 11.8 Å². The number of aliphatic carboxylic acids is 1. The molecule has 0 aliphatic heterocycles. The Morgan fingerprint density at radius 3 is 1.52 bits per heavy atom. The van der Waals surface area contributed by atoms with Gasteiger partial charge in [0.15, 0.2) is 0 Å². The molecule has 0 fully saturated rings. The molecule has 18 N–H and O–H groups in total. The summed E-state index contributed by atoms with van der Waals surface area (Å²) in [4.78, 5) is 137. The number of nitrogens with zero attached hydrogens (tertiary/aromatic N) is 1. The summed E-state index contributed by atoms with van der Waals surface area (Å²) in [5.41, 5.74) is 22.8. The molecule has 9 amide bonds. The van der Waals surface area contributed by atoms with Crippen molar-refractivity contribution in [2.45, 2.75) is 161 Å². The number of hydrogen-bond acceptors (Lipinski definition) is 14. The fourth-order valence-corrected chi connectivity index (χ4v) is 6.41. The first-order valence-corrected chi connectivity index (χ1v) is 22.5. The molecule has 0 bridgehead atoms. The van der Waals surface area contributed by atoms with Crippen molar-refractivity contribution >= 4 is 59.1 Å². The highest BCUT2D eigenvalue weighted by atomic mass is 16.4. The third kappa shape index (κ3) is 22.2. The lowest BCUT2D eigenvalue weighted by molar-refractivity contribution is -0.142. The van der Waals surface area contributed by atoms with Crippen LogP contribution in [0.25, 0.3) is 0 Å². The van der Waals surface area contributed by atoms with Crippen molar-refractivity contribution in [1.29, 1.82) is 0 Å². The molecule has 1 aromatic rings. The van der Waals surface area contributed by atoms with Gasteiger partial charge in [0.1, 0.15) is 48.3 Å². The fourth-order valence-electron chi connectivity index (χ4n) is 6.41. The Bertz CT molecular complexity index is 1810. The average Bonchev–Trinajstić information content (AvgIpc) is 3.76. The molecule has 25 nitrogen and oxygen atoms in total. The monoisotopic (exact) mass is 951 g/mol. The number of unbranched alkanes of at least 4 members (excludes halogenated alkanes) is 2. The van der Waals surface area contributed by atoms with E-state index >= 15 is 0 Å². The molecule has 1 aromatic heterocycles. The number of carboxylic acid groups (broad SMARTS) is 1. The van der Waals surface area contributed by atoms with Gasteiger partial charge in [-0.05, 0) is 84.2 Å². The Labute approximate surface area is 390 Å². The number of carboxylic acids is 1. The van der Waals surface area contributed by atoms with Gasteiger partial charge in [0.2, 0.25) is 53.2 Å². The molecule has 1 rings (SSSR count). The smallest absolute Gasteiger partial charge is 0.326 e. The second-order valence-corrected chi connectivity index (χ2v) is 17.3. The molecule has 0 aliphatic carbocycles. The topological polar surface area (TPSA) is 420 Å². The van der Waals surface area contributed by atoms with Gasteiger partial charge in [0.05, 0.1) is 18.8 Å². The second-order valence-electron chi connectivity index (χ2n) is 17.3. The number of hydrogen-bond donors (Lipinski definition) is 14. The van der Waals surface area contributed by atoms with Gasteiger partial charge in [-0.2, -0.15) is 0 Å². The van der Waals surface area contributed by atoms with Crippen molar-refractivity contribution < 1.29 is 53.1 Å². The van der Waals surface area contributed by atoms with Gasteiger partial charge in [0.25, 0.3) is 0 Å². The van der Waals surface area contributed by atoms with Gasteiger partial charge in [-0.25, -0.2) is 9.78 Å². The van der Waals surface area contributed by atoms with Crippen LogP contribution in [-0.4, -0.2) is 142 Å². The maximum atomic E-state index is 13.6. The molecule has 0 aliphatic rings. The van der Waals surface area contributed by atoms with Gasteiger partial charge in [-0.3, -0.25) is 43.2 Å². The summed E-state index contributed by atoms with van der Waals surface area (Å²) in [6.07, 6.45) is 4.76. The van der Waals surface area contributed by atoms with Crippen LogP contribution in [0.4, 0.5) is 0 Å². The lowest BCUT2D eigenvalue weighted by atomic mass is 10.0. The number of primary amides is 1. The summed E-state index contributed by atoms with van der Waals surface area (Å²) in [5, 5.41) is 29.6. The summed E-state index contributed by atoms with van der Waals surface area (Å²) in [5.74, 6) is -9.41. The second kappa shape index (κ2) is 30.1. The number of rotatable bonds is 32. The third-order valence-electron chi connectivity index (χ3n) is 10.4. The van der Waals surface area contributed by atoms with Crippen LogP contribution < -0.4 is 65.5 Å². The molecule has 378 valence electrons. The van der Waals surface area contributed by atoms with Crippen molar-refractivity contribution in [2.75, 3.05) is 13.1 Å². The van der Waals surface area contributed by atoms with Crippen LogP contribution >= 0.6 is 0 Å². The van der Waals surface area contributed by atoms with Crippen molar-refractivity contribution in [1.82, 2.24) is 52.5 Å². The first-order valence-electron chi connectivity index (χ1n) is 22.5. The molecule has 0 saturated carbocycles. The molecule has 67 heavy (non-hydrogen) atoms. The summed E-state index contributed by atoms with van der Waals surface area (Å²) in [7, 11) is 0. The van der Waals surface area contributed by atoms with E-state index in [1.54, 1.807) is 27.7 Å². The molecule has 1 heterocycles. The van der Waals surface area contributed by atoms with E-state index in [1.165, 1.54) is 33.3 Å². The molecule has 25 heteroatoms. The number of H-pyrrole nitrogens is 1. The van der Waals surface area contributed by atoms with Gasteiger partial charge in [-0.1, -0.05) is 34.1 Å². The van der Waals surface area contributed by atoms with Crippen molar-refractivity contribution in [2.24, 2.45) is 34.8 Å². The molecule has 0 aromatic carbocycles. The summed E-state index contributed by atoms with van der Waals surface area (Å²) < 4.78 is 0. The molecule has 0 spiro atoms. The SMILES string of the molecule is CC(C)C[C@H](NC(=O)[C@H](C)NC(=O)[C@H](CC(N)=O)NC(=O)[C@@H](NC(=O)[C@H](C)NC(=O)[C@@H](N)CCCCN)C(C)C)C(=O)N[C@@H](C)C(=O)N[C@@H](Cc1cnc[nH]1)C(=O)N[C@@H](CCCCN)C(=O)O. The zero-order valence-corrected chi connectivity index (χ0v) is 39.6. The van der Waals surface area contributed by atoms with E-state index in [0.717, 1.165) is 0 Å². The lowest BCUT2D eigenvalue weighted by Crippen LogP contribution is -2.60. The van der Waals surface area contributed by atoms with Gasteiger partial charge >= 0.3 is 5.97 Å². The molecule has 0 unspecified atom stereocenters. The third-order valence-corrected chi connectivity index (χ3v) is 10.4. The summed E-state index contributed by atoms with van der Waals surface area (Å²) in [6.45, 7) is 11.6.